The van der Waals surface area contributed by atoms with Crippen LogP contribution in [0.25, 0.3) is 0 Å². The molecule has 0 spiro atoms. The summed E-state index contributed by atoms with van der Waals surface area (Å²) in [5, 5.41) is 1.04. The average molecular weight is 730 g/mol. The standard InChI is InChI=1S/C41H83AsO3P/c1-6-8-10-12-14-16-18-20-22-24-26-28-30-32-34-36-39-44-46(43,41-38-42(3,4)5)45-40-37-35-33-31-29-27-25-23-21-19-17-15-13-11-9-7-2/h20-23H,6-19,24-41H2,1-5H3/q+1/b22-20+,23-21+. The Morgan fingerprint density at radius 3 is 1.02 bits per heavy atom. The zero-order valence-corrected chi connectivity index (χ0v) is 34.8. The van der Waals surface area contributed by atoms with Crippen LogP contribution in [0.1, 0.15) is 194 Å². The summed E-state index contributed by atoms with van der Waals surface area (Å²) in [6.07, 6.45) is 46.5. The van der Waals surface area contributed by atoms with Crippen molar-refractivity contribution in [3.8, 4) is 0 Å². The van der Waals surface area contributed by atoms with Crippen LogP contribution in [0.15, 0.2) is 24.3 Å². The van der Waals surface area contributed by atoms with Crippen LogP contribution < -0.4 is 0 Å². The van der Waals surface area contributed by atoms with Crippen LogP contribution in [0.4, 0.5) is 0 Å². The summed E-state index contributed by atoms with van der Waals surface area (Å²) in [7, 11) is -2.97. The third kappa shape index (κ3) is 37.0. The normalized spacial score (nSPS) is 12.7. The van der Waals surface area contributed by atoms with Crippen molar-refractivity contribution in [2.24, 2.45) is 0 Å². The molecule has 0 bridgehead atoms. The summed E-state index contributed by atoms with van der Waals surface area (Å²) in [4.78, 5) is 0. The van der Waals surface area contributed by atoms with Gasteiger partial charge < -0.3 is 0 Å². The van der Waals surface area contributed by atoms with Gasteiger partial charge in [-0.3, -0.25) is 0 Å². The molecule has 0 fully saturated rings. The second-order valence-electron chi connectivity index (χ2n) is 14.9. The predicted molar refractivity (Wildman–Crippen MR) is 211 cm³/mol. The van der Waals surface area contributed by atoms with Gasteiger partial charge >= 0.3 is 166 Å². The SMILES string of the molecule is CCCCCCCC/C=C/CCCCCCCCOP(=O)(CC[As+](C)(C)C)OCCCCCCCC/C=C/CCCCCCCC. The minimum Gasteiger partial charge on any atom is -0.0885 e. The molecule has 274 valence electrons. The van der Waals surface area contributed by atoms with E-state index in [4.69, 9.17) is 9.05 Å². The maximum atomic E-state index is 13.6. The van der Waals surface area contributed by atoms with Gasteiger partial charge in [-0.25, -0.2) is 0 Å². The summed E-state index contributed by atoms with van der Waals surface area (Å²) >= 11 is -1.63. The van der Waals surface area contributed by atoms with Crippen molar-refractivity contribution in [1.29, 1.82) is 0 Å². The van der Waals surface area contributed by atoms with Crippen molar-refractivity contribution in [1.82, 2.24) is 0 Å². The molecular weight excluding hydrogens is 646 g/mol. The Morgan fingerprint density at radius 1 is 0.435 bits per heavy atom. The molecule has 0 aromatic rings. The van der Waals surface area contributed by atoms with E-state index in [0.29, 0.717) is 19.4 Å². The Labute approximate surface area is 293 Å². The molecule has 0 N–H and O–H groups in total. The Morgan fingerprint density at radius 2 is 0.717 bits per heavy atom. The van der Waals surface area contributed by atoms with E-state index in [9.17, 15) is 4.57 Å². The van der Waals surface area contributed by atoms with Gasteiger partial charge in [0.25, 0.3) is 0 Å². The van der Waals surface area contributed by atoms with Crippen LogP contribution in [0.5, 0.6) is 0 Å². The Hall–Kier alpha value is 0.188. The van der Waals surface area contributed by atoms with Gasteiger partial charge in [-0.1, -0.05) is 102 Å². The molecule has 3 nitrogen and oxygen atoms in total. The summed E-state index contributed by atoms with van der Waals surface area (Å²) < 4.78 is 25.6. The number of unbranched alkanes of at least 4 members (excludes halogenated alkanes) is 24. The van der Waals surface area contributed by atoms with Crippen molar-refractivity contribution in [2.75, 3.05) is 19.4 Å². The van der Waals surface area contributed by atoms with Crippen LogP contribution in [0, 0.1) is 0 Å². The van der Waals surface area contributed by atoms with E-state index in [1.165, 1.54) is 167 Å². The van der Waals surface area contributed by atoms with Crippen LogP contribution in [0.3, 0.4) is 0 Å². The topological polar surface area (TPSA) is 35.5 Å². The molecule has 0 heterocycles. The van der Waals surface area contributed by atoms with Gasteiger partial charge in [-0.2, -0.15) is 0 Å². The smallest absolute Gasteiger partial charge is 0.0885 e. The molecule has 0 saturated heterocycles. The summed E-state index contributed by atoms with van der Waals surface area (Å²) in [5.74, 6) is 0. The molecule has 0 aromatic heterocycles. The minimum absolute atomic E-state index is 0.585. The van der Waals surface area contributed by atoms with E-state index in [1.807, 2.05) is 0 Å². The fourth-order valence-corrected chi connectivity index (χ4v) is 13.0. The first-order valence-corrected chi connectivity index (χ1v) is 29.0. The second kappa shape index (κ2) is 35.0. The van der Waals surface area contributed by atoms with Crippen LogP contribution in [-0.2, 0) is 13.6 Å². The average Bonchev–Trinajstić information content (AvgIpc) is 3.03. The van der Waals surface area contributed by atoms with Crippen molar-refractivity contribution in [3.05, 3.63) is 24.3 Å². The first-order chi connectivity index (χ1) is 22.3. The molecule has 0 aliphatic heterocycles. The zero-order valence-electron chi connectivity index (χ0n) is 32.1. The van der Waals surface area contributed by atoms with Crippen molar-refractivity contribution < 1.29 is 13.6 Å². The molecular formula is C41H83AsO3P+. The number of hydrogen-bond acceptors (Lipinski definition) is 3. The monoisotopic (exact) mass is 730 g/mol. The van der Waals surface area contributed by atoms with E-state index in [0.717, 1.165) is 18.1 Å². The van der Waals surface area contributed by atoms with E-state index < -0.39 is 21.1 Å². The molecule has 0 saturated carbocycles. The predicted octanol–water partition coefficient (Wildman–Crippen LogP) is 15.6. The van der Waals surface area contributed by atoms with Crippen LogP contribution >= 0.6 is 7.60 Å². The Bertz CT molecular complexity index is 667. The Balaban J connectivity index is 3.85. The second-order valence-corrected chi connectivity index (χ2v) is 27.6. The number of allylic oxidation sites excluding steroid dienone is 4. The zero-order chi connectivity index (χ0) is 33.9. The van der Waals surface area contributed by atoms with Gasteiger partial charge in [-0.15, -0.1) is 0 Å². The molecule has 0 rings (SSSR count). The maximum absolute atomic E-state index is 13.6. The summed E-state index contributed by atoms with van der Waals surface area (Å²) in [6.45, 7) is 5.73. The van der Waals surface area contributed by atoms with Gasteiger partial charge in [0.15, 0.2) is 0 Å². The third-order valence-electron chi connectivity index (χ3n) is 8.93. The van der Waals surface area contributed by atoms with Crippen molar-refractivity contribution in [2.45, 2.75) is 216 Å². The van der Waals surface area contributed by atoms with E-state index in [2.05, 4.69) is 55.3 Å². The molecule has 0 radical (unpaired) electrons. The Kier molecular flexibility index (Phi) is 35.2. The molecule has 5 heteroatoms. The summed E-state index contributed by atoms with van der Waals surface area (Å²) in [5.41, 5.74) is 7.12. The molecule has 0 aliphatic rings. The van der Waals surface area contributed by atoms with E-state index in [1.54, 1.807) is 0 Å². The van der Waals surface area contributed by atoms with Gasteiger partial charge in [-0.05, 0) is 25.7 Å². The first-order valence-electron chi connectivity index (χ1n) is 20.3. The first kappa shape index (κ1) is 46.2. The molecule has 0 aliphatic carbocycles. The van der Waals surface area contributed by atoms with Gasteiger partial charge in [0, 0.05) is 0 Å². The van der Waals surface area contributed by atoms with Gasteiger partial charge in [0.05, 0.1) is 0 Å². The van der Waals surface area contributed by atoms with E-state index in [-0.39, 0.29) is 0 Å². The number of rotatable bonds is 37. The van der Waals surface area contributed by atoms with Gasteiger partial charge in [0.2, 0.25) is 0 Å². The number of hydrogen-bond donors (Lipinski definition) is 0. The van der Waals surface area contributed by atoms with E-state index >= 15 is 0 Å². The van der Waals surface area contributed by atoms with Gasteiger partial charge in [0.1, 0.15) is 0 Å². The quantitative estimate of drug-likeness (QED) is 0.0276. The molecule has 46 heavy (non-hydrogen) atoms. The fraction of sp³-hybridized carbons (Fsp3) is 0.902. The van der Waals surface area contributed by atoms with Crippen molar-refractivity contribution >= 4 is 21.1 Å². The van der Waals surface area contributed by atoms with Crippen LogP contribution in [-0.4, -0.2) is 32.9 Å². The molecule has 0 amide bonds. The third-order valence-corrected chi connectivity index (χ3v) is 14.9. The molecule has 0 aromatic carbocycles. The van der Waals surface area contributed by atoms with Crippen molar-refractivity contribution in [3.63, 3.8) is 0 Å². The fourth-order valence-electron chi connectivity index (χ4n) is 5.70. The molecule has 0 unspecified atom stereocenters. The minimum atomic E-state index is -2.97. The summed E-state index contributed by atoms with van der Waals surface area (Å²) in [6, 6.07) is 0. The molecule has 0 atom stereocenters. The van der Waals surface area contributed by atoms with Crippen LogP contribution in [0.2, 0.25) is 22.3 Å².